The van der Waals surface area contributed by atoms with E-state index in [2.05, 4.69) is 15.1 Å². The predicted octanol–water partition coefficient (Wildman–Crippen LogP) is 2.53. The molecule has 7 heteroatoms. The Morgan fingerprint density at radius 2 is 1.96 bits per heavy atom. The van der Waals surface area contributed by atoms with Crippen LogP contribution in [0.4, 0.5) is 5.82 Å². The van der Waals surface area contributed by atoms with Crippen LogP contribution in [0.5, 0.6) is 5.75 Å². The summed E-state index contributed by atoms with van der Waals surface area (Å²) in [5.41, 5.74) is 2.80. The number of aryl methyl sites for hydroxylation is 2. The standard InChI is InChI=1S/C19H19N5O2/c1-13-11-20-14(2)18(21-13)23-8-9-24-17(19(23)25)10-15(22-24)12-26-16-6-4-3-5-7-16/h3-7,10-11H,8-9,12H2,1-2H3. The van der Waals surface area contributed by atoms with Crippen molar-refractivity contribution in [3.05, 3.63) is 65.4 Å². The maximum atomic E-state index is 12.9. The molecule has 0 aliphatic carbocycles. The number of para-hydroxylation sites is 1. The first kappa shape index (κ1) is 16.3. The monoisotopic (exact) mass is 349 g/mol. The van der Waals surface area contributed by atoms with E-state index >= 15 is 0 Å². The number of ether oxygens (including phenoxy) is 1. The summed E-state index contributed by atoms with van der Waals surface area (Å²) in [5.74, 6) is 1.28. The molecule has 132 valence electrons. The quantitative estimate of drug-likeness (QED) is 0.724. The molecule has 2 aromatic heterocycles. The fourth-order valence-electron chi connectivity index (χ4n) is 2.97. The van der Waals surface area contributed by atoms with E-state index in [0.29, 0.717) is 31.2 Å². The summed E-state index contributed by atoms with van der Waals surface area (Å²) in [6.07, 6.45) is 1.70. The minimum absolute atomic E-state index is 0.113. The zero-order chi connectivity index (χ0) is 18.1. The van der Waals surface area contributed by atoms with Gasteiger partial charge in [-0.1, -0.05) is 18.2 Å². The second-order valence-corrected chi connectivity index (χ2v) is 6.22. The second-order valence-electron chi connectivity index (χ2n) is 6.22. The smallest absolute Gasteiger partial charge is 0.277 e. The van der Waals surface area contributed by atoms with E-state index in [1.165, 1.54) is 0 Å². The van der Waals surface area contributed by atoms with Gasteiger partial charge in [-0.05, 0) is 32.0 Å². The van der Waals surface area contributed by atoms with Gasteiger partial charge in [0.2, 0.25) is 0 Å². The van der Waals surface area contributed by atoms with Gasteiger partial charge >= 0.3 is 0 Å². The fraction of sp³-hybridized carbons (Fsp3) is 0.263. The zero-order valence-corrected chi connectivity index (χ0v) is 14.7. The predicted molar refractivity (Wildman–Crippen MR) is 96.2 cm³/mol. The first-order valence-corrected chi connectivity index (χ1v) is 8.48. The maximum absolute atomic E-state index is 12.9. The summed E-state index contributed by atoms with van der Waals surface area (Å²) in [6, 6.07) is 11.3. The van der Waals surface area contributed by atoms with E-state index in [9.17, 15) is 4.79 Å². The third kappa shape index (κ3) is 3.03. The third-order valence-corrected chi connectivity index (χ3v) is 4.27. The molecule has 0 fully saturated rings. The van der Waals surface area contributed by atoms with Crippen LogP contribution in [0.1, 0.15) is 27.6 Å². The van der Waals surface area contributed by atoms with E-state index in [-0.39, 0.29) is 5.91 Å². The lowest BCUT2D eigenvalue weighted by Gasteiger charge is -2.27. The highest BCUT2D eigenvalue weighted by atomic mass is 16.5. The number of hydrogen-bond acceptors (Lipinski definition) is 5. The van der Waals surface area contributed by atoms with Gasteiger partial charge in [-0.3, -0.25) is 19.4 Å². The Labute approximate surface area is 151 Å². The number of fused-ring (bicyclic) bond motifs is 1. The molecule has 0 unspecified atom stereocenters. The van der Waals surface area contributed by atoms with Crippen molar-refractivity contribution in [2.45, 2.75) is 27.0 Å². The summed E-state index contributed by atoms with van der Waals surface area (Å²) < 4.78 is 7.47. The fourth-order valence-corrected chi connectivity index (χ4v) is 2.97. The maximum Gasteiger partial charge on any atom is 0.277 e. The van der Waals surface area contributed by atoms with E-state index in [4.69, 9.17) is 4.74 Å². The van der Waals surface area contributed by atoms with Crippen LogP contribution in [0.3, 0.4) is 0 Å². The van der Waals surface area contributed by atoms with Crippen molar-refractivity contribution in [2.24, 2.45) is 0 Å². The normalized spacial score (nSPS) is 13.6. The van der Waals surface area contributed by atoms with Crippen LogP contribution in [-0.4, -0.2) is 32.2 Å². The Morgan fingerprint density at radius 3 is 2.77 bits per heavy atom. The Morgan fingerprint density at radius 1 is 1.15 bits per heavy atom. The van der Waals surface area contributed by atoms with Crippen LogP contribution in [0.15, 0.2) is 42.6 Å². The number of hydrogen-bond donors (Lipinski definition) is 0. The topological polar surface area (TPSA) is 73.1 Å². The van der Waals surface area contributed by atoms with Crippen molar-refractivity contribution in [2.75, 3.05) is 11.4 Å². The molecule has 4 rings (SSSR count). The third-order valence-electron chi connectivity index (χ3n) is 4.27. The van der Waals surface area contributed by atoms with Crippen LogP contribution in [-0.2, 0) is 13.2 Å². The van der Waals surface area contributed by atoms with Gasteiger partial charge in [0, 0.05) is 12.7 Å². The average Bonchev–Trinajstić information content (AvgIpc) is 3.08. The molecule has 26 heavy (non-hydrogen) atoms. The summed E-state index contributed by atoms with van der Waals surface area (Å²) in [6.45, 7) is 5.18. The molecule has 0 N–H and O–H groups in total. The Kier molecular flexibility index (Phi) is 4.12. The lowest BCUT2D eigenvalue weighted by Crippen LogP contribution is -2.41. The zero-order valence-electron chi connectivity index (χ0n) is 14.7. The van der Waals surface area contributed by atoms with E-state index in [1.807, 2.05) is 44.2 Å². The molecule has 3 heterocycles. The first-order chi connectivity index (χ1) is 12.6. The van der Waals surface area contributed by atoms with E-state index in [1.54, 1.807) is 21.8 Å². The van der Waals surface area contributed by atoms with Gasteiger partial charge in [0.05, 0.1) is 17.9 Å². The molecule has 0 bridgehead atoms. The molecule has 0 saturated heterocycles. The number of amides is 1. The van der Waals surface area contributed by atoms with Crippen molar-refractivity contribution < 1.29 is 9.53 Å². The Bertz CT molecular complexity index is 952. The molecular weight excluding hydrogens is 330 g/mol. The number of rotatable bonds is 4. The molecule has 0 radical (unpaired) electrons. The van der Waals surface area contributed by atoms with Crippen LogP contribution in [0, 0.1) is 13.8 Å². The highest BCUT2D eigenvalue weighted by Gasteiger charge is 2.29. The number of anilines is 1. The van der Waals surface area contributed by atoms with E-state index in [0.717, 1.165) is 22.8 Å². The van der Waals surface area contributed by atoms with Crippen molar-refractivity contribution in [1.82, 2.24) is 19.7 Å². The first-order valence-electron chi connectivity index (χ1n) is 8.48. The summed E-state index contributed by atoms with van der Waals surface area (Å²) in [5, 5.41) is 4.49. The molecule has 1 aromatic carbocycles. The summed E-state index contributed by atoms with van der Waals surface area (Å²) in [4.78, 5) is 23.4. The molecule has 1 aliphatic heterocycles. The van der Waals surface area contributed by atoms with Gasteiger partial charge in [0.25, 0.3) is 5.91 Å². The Balaban J connectivity index is 1.55. The largest absolute Gasteiger partial charge is 0.487 e. The van der Waals surface area contributed by atoms with Crippen LogP contribution in [0.2, 0.25) is 0 Å². The number of benzene rings is 1. The minimum Gasteiger partial charge on any atom is -0.487 e. The highest BCUT2D eigenvalue weighted by Crippen LogP contribution is 2.22. The molecule has 1 amide bonds. The lowest BCUT2D eigenvalue weighted by atomic mass is 10.2. The van der Waals surface area contributed by atoms with Crippen molar-refractivity contribution in [3.8, 4) is 5.75 Å². The van der Waals surface area contributed by atoms with Crippen molar-refractivity contribution in [1.29, 1.82) is 0 Å². The average molecular weight is 349 g/mol. The molecular formula is C19H19N5O2. The van der Waals surface area contributed by atoms with Gasteiger partial charge in [-0.15, -0.1) is 0 Å². The van der Waals surface area contributed by atoms with E-state index < -0.39 is 0 Å². The molecule has 0 saturated carbocycles. The van der Waals surface area contributed by atoms with Gasteiger partial charge in [-0.2, -0.15) is 5.10 Å². The van der Waals surface area contributed by atoms with Crippen molar-refractivity contribution >= 4 is 11.7 Å². The number of aromatic nitrogens is 4. The number of carbonyl (C=O) groups is 1. The van der Waals surface area contributed by atoms with Gasteiger partial charge in [-0.25, -0.2) is 4.98 Å². The van der Waals surface area contributed by atoms with Crippen LogP contribution in [0.25, 0.3) is 0 Å². The summed E-state index contributed by atoms with van der Waals surface area (Å²) >= 11 is 0. The number of carbonyl (C=O) groups excluding carboxylic acids is 1. The van der Waals surface area contributed by atoms with Gasteiger partial charge in [0.15, 0.2) is 5.82 Å². The van der Waals surface area contributed by atoms with Gasteiger partial charge < -0.3 is 4.74 Å². The molecule has 7 nitrogen and oxygen atoms in total. The summed E-state index contributed by atoms with van der Waals surface area (Å²) in [7, 11) is 0. The molecule has 1 aliphatic rings. The molecule has 3 aromatic rings. The second kappa shape index (κ2) is 6.59. The number of nitrogens with zero attached hydrogens (tertiary/aromatic N) is 5. The SMILES string of the molecule is Cc1cnc(C)c(N2CCn3nc(COc4ccccc4)cc3C2=O)n1. The lowest BCUT2D eigenvalue weighted by molar-refractivity contribution is 0.0961. The minimum atomic E-state index is -0.113. The van der Waals surface area contributed by atoms with Crippen molar-refractivity contribution in [3.63, 3.8) is 0 Å². The highest BCUT2D eigenvalue weighted by molar-refractivity contribution is 6.05. The van der Waals surface area contributed by atoms with Crippen LogP contribution < -0.4 is 9.64 Å². The molecule has 0 atom stereocenters. The molecule has 0 spiro atoms. The van der Waals surface area contributed by atoms with Crippen LogP contribution >= 0.6 is 0 Å². The van der Waals surface area contributed by atoms with Gasteiger partial charge in [0.1, 0.15) is 23.7 Å². The Hall–Kier alpha value is -3.22.